The summed E-state index contributed by atoms with van der Waals surface area (Å²) in [5.74, 6) is 1.56. The Balaban J connectivity index is 1.46. The number of benzene rings is 1. The molecule has 4 unspecified atom stereocenters. The van der Waals surface area contributed by atoms with E-state index in [4.69, 9.17) is 15.7 Å². The number of allylic oxidation sites excluding steroid dienone is 1. The summed E-state index contributed by atoms with van der Waals surface area (Å²) in [5.41, 5.74) is 8.63. The lowest BCUT2D eigenvalue weighted by molar-refractivity contribution is -0.122. The summed E-state index contributed by atoms with van der Waals surface area (Å²) in [5, 5.41) is 3.53. The van der Waals surface area contributed by atoms with Gasteiger partial charge in [-0.15, -0.1) is 11.8 Å². The van der Waals surface area contributed by atoms with Crippen molar-refractivity contribution < 1.29 is 4.79 Å². The third kappa shape index (κ3) is 3.33. The molecule has 0 spiro atoms. The second-order valence-electron chi connectivity index (χ2n) is 7.87. The lowest BCUT2D eigenvalue weighted by atomic mass is 9.88. The normalized spacial score (nSPS) is 26.1. The Kier molecular flexibility index (Phi) is 4.62. The number of nitrogens with zero attached hydrogens (tertiary/aromatic N) is 3. The van der Waals surface area contributed by atoms with Crippen molar-refractivity contribution >= 4 is 35.4 Å². The van der Waals surface area contributed by atoms with Crippen molar-refractivity contribution in [2.45, 2.75) is 30.2 Å². The number of nitrogens with two attached hydrogens (primary N) is 1. The maximum Gasteiger partial charge on any atom is 0.223 e. The Morgan fingerprint density at radius 2 is 2.14 bits per heavy atom. The first kappa shape index (κ1) is 18.4. The first-order valence-electron chi connectivity index (χ1n) is 9.92. The molecule has 4 atom stereocenters. The molecule has 5 rings (SSSR count). The predicted molar refractivity (Wildman–Crippen MR) is 116 cm³/mol. The molecule has 29 heavy (non-hydrogen) atoms. The van der Waals surface area contributed by atoms with Crippen LogP contribution in [0.25, 0.3) is 0 Å². The molecule has 2 heterocycles. The first-order valence-corrected chi connectivity index (χ1v) is 11.1. The van der Waals surface area contributed by atoms with Crippen molar-refractivity contribution in [1.82, 2.24) is 9.97 Å². The van der Waals surface area contributed by atoms with Crippen molar-refractivity contribution in [3.8, 4) is 0 Å². The molecule has 1 fully saturated rings. The van der Waals surface area contributed by atoms with Crippen molar-refractivity contribution in [3.63, 3.8) is 0 Å². The number of nitrogens with one attached hydrogen (secondary N) is 1. The molecule has 3 aliphatic rings. The lowest BCUT2D eigenvalue weighted by Crippen LogP contribution is -2.41. The summed E-state index contributed by atoms with van der Waals surface area (Å²) < 4.78 is 0. The molecule has 1 aromatic carbocycles. The fraction of sp³-hybridized carbons (Fsp3) is 0.364. The number of hydrogen-bond acceptors (Lipinski definition) is 6. The van der Waals surface area contributed by atoms with E-state index in [0.29, 0.717) is 18.8 Å². The standard InChI is InChI=1S/C22H23N5OS/c1-29-15-4-2-3-12(9-15)10-17-25-16-7-8-24-20(16)22(26-17)27-19-14-6-5-13(11-14)18(19)21(23)28/h2-6,8-9,13-14,18-19H,7,10-11H2,1H3,(H2,23,28)(H,25,26,27). The van der Waals surface area contributed by atoms with Crippen LogP contribution in [0.4, 0.5) is 11.5 Å². The number of fused-ring (bicyclic) bond motifs is 3. The number of carbonyl (C=O) groups excluding carboxylic acids is 1. The quantitative estimate of drug-likeness (QED) is 0.569. The van der Waals surface area contributed by atoms with Gasteiger partial charge < -0.3 is 11.1 Å². The van der Waals surface area contributed by atoms with Gasteiger partial charge in [0, 0.05) is 30.0 Å². The number of thioether (sulfide) groups is 1. The van der Waals surface area contributed by atoms with Gasteiger partial charge in [0.1, 0.15) is 11.5 Å². The van der Waals surface area contributed by atoms with Crippen LogP contribution in [-0.2, 0) is 17.6 Å². The highest BCUT2D eigenvalue weighted by molar-refractivity contribution is 7.98. The minimum Gasteiger partial charge on any atom is -0.369 e. The van der Waals surface area contributed by atoms with Crippen molar-refractivity contribution in [2.24, 2.45) is 28.5 Å². The van der Waals surface area contributed by atoms with Crippen LogP contribution in [0.5, 0.6) is 0 Å². The summed E-state index contributed by atoms with van der Waals surface area (Å²) in [4.78, 5) is 27.4. The number of hydrogen-bond donors (Lipinski definition) is 2. The van der Waals surface area contributed by atoms with Crippen LogP contribution in [0.2, 0.25) is 0 Å². The third-order valence-corrected chi connectivity index (χ3v) is 6.82. The van der Waals surface area contributed by atoms with Gasteiger partial charge in [-0.25, -0.2) is 9.97 Å². The van der Waals surface area contributed by atoms with Crippen LogP contribution in [0, 0.1) is 17.8 Å². The predicted octanol–water partition coefficient (Wildman–Crippen LogP) is 3.14. The zero-order chi connectivity index (χ0) is 20.0. The van der Waals surface area contributed by atoms with Gasteiger partial charge in [0.25, 0.3) is 0 Å². The highest BCUT2D eigenvalue weighted by atomic mass is 32.2. The minimum atomic E-state index is -0.248. The fourth-order valence-corrected chi connectivity index (χ4v) is 5.25. The third-order valence-electron chi connectivity index (χ3n) is 6.10. The largest absolute Gasteiger partial charge is 0.369 e. The number of rotatable bonds is 6. The van der Waals surface area contributed by atoms with E-state index < -0.39 is 0 Å². The molecule has 2 aromatic rings. The van der Waals surface area contributed by atoms with Crippen LogP contribution >= 0.6 is 11.8 Å². The van der Waals surface area contributed by atoms with E-state index in [0.717, 1.165) is 29.4 Å². The van der Waals surface area contributed by atoms with Gasteiger partial charge in [0.05, 0.1) is 11.6 Å². The van der Waals surface area contributed by atoms with E-state index in [2.05, 4.69) is 53.0 Å². The Labute approximate surface area is 174 Å². The number of anilines is 1. The first-order chi connectivity index (χ1) is 14.1. The summed E-state index contributed by atoms with van der Waals surface area (Å²) in [6.45, 7) is 0. The SMILES string of the molecule is CSc1cccc(Cc2nc3c(c(NC4C5C=CC(C5)C4C(N)=O)n2)N=CC3)c1. The summed E-state index contributed by atoms with van der Waals surface area (Å²) in [6, 6.07) is 8.41. The maximum atomic E-state index is 12.1. The maximum absolute atomic E-state index is 12.1. The van der Waals surface area contributed by atoms with Gasteiger partial charge in [0.15, 0.2) is 5.82 Å². The molecule has 1 aliphatic heterocycles. The average Bonchev–Trinajstić information content (AvgIpc) is 3.44. The fourth-order valence-electron chi connectivity index (χ4n) is 4.76. The molecular weight excluding hydrogens is 382 g/mol. The van der Waals surface area contributed by atoms with Crippen molar-refractivity contribution in [3.05, 3.63) is 53.5 Å². The molecule has 1 amide bonds. The molecule has 2 bridgehead atoms. The number of amides is 1. The topological polar surface area (TPSA) is 93.3 Å². The molecule has 1 saturated carbocycles. The molecular formula is C22H23N5OS. The highest BCUT2D eigenvalue weighted by Gasteiger charge is 2.47. The molecule has 6 nitrogen and oxygen atoms in total. The number of aliphatic imine (C=N–C) groups is 1. The lowest BCUT2D eigenvalue weighted by Gasteiger charge is -2.27. The Morgan fingerprint density at radius 1 is 1.28 bits per heavy atom. The van der Waals surface area contributed by atoms with Crippen LogP contribution < -0.4 is 11.1 Å². The minimum absolute atomic E-state index is 0.0371. The Morgan fingerprint density at radius 3 is 2.97 bits per heavy atom. The smallest absolute Gasteiger partial charge is 0.223 e. The molecule has 0 saturated heterocycles. The van der Waals surface area contributed by atoms with E-state index in [1.165, 1.54) is 10.5 Å². The average molecular weight is 406 g/mol. The summed E-state index contributed by atoms with van der Waals surface area (Å²) in [6.07, 6.45) is 10.6. The molecule has 7 heteroatoms. The van der Waals surface area contributed by atoms with Gasteiger partial charge in [-0.3, -0.25) is 9.79 Å². The van der Waals surface area contributed by atoms with E-state index >= 15 is 0 Å². The number of primary amides is 1. The van der Waals surface area contributed by atoms with Gasteiger partial charge in [-0.2, -0.15) is 0 Å². The van der Waals surface area contributed by atoms with Gasteiger partial charge in [-0.1, -0.05) is 24.3 Å². The van der Waals surface area contributed by atoms with Crippen LogP contribution in [-0.4, -0.2) is 34.4 Å². The number of aromatic nitrogens is 2. The van der Waals surface area contributed by atoms with Crippen LogP contribution in [0.1, 0.15) is 23.5 Å². The van der Waals surface area contributed by atoms with Gasteiger partial charge in [-0.05, 0) is 42.2 Å². The molecule has 148 valence electrons. The van der Waals surface area contributed by atoms with Crippen LogP contribution in [0.15, 0.2) is 46.3 Å². The zero-order valence-electron chi connectivity index (χ0n) is 16.2. The second kappa shape index (κ2) is 7.30. The Hall–Kier alpha value is -2.67. The molecule has 3 N–H and O–H groups in total. The second-order valence-corrected chi connectivity index (χ2v) is 8.75. The van der Waals surface area contributed by atoms with Crippen molar-refractivity contribution in [2.75, 3.05) is 11.6 Å². The highest BCUT2D eigenvalue weighted by Crippen LogP contribution is 2.45. The molecule has 1 aromatic heterocycles. The zero-order valence-corrected chi connectivity index (χ0v) is 17.0. The van der Waals surface area contributed by atoms with Crippen LogP contribution in [0.3, 0.4) is 0 Å². The summed E-state index contributed by atoms with van der Waals surface area (Å²) >= 11 is 1.72. The number of carbonyl (C=O) groups is 1. The monoisotopic (exact) mass is 405 g/mol. The van der Waals surface area contributed by atoms with Gasteiger partial charge in [0.2, 0.25) is 5.91 Å². The molecule has 0 radical (unpaired) electrons. The van der Waals surface area contributed by atoms with Gasteiger partial charge >= 0.3 is 0 Å². The molecule has 2 aliphatic carbocycles. The van der Waals surface area contributed by atoms with E-state index in [9.17, 15) is 4.79 Å². The summed E-state index contributed by atoms with van der Waals surface area (Å²) in [7, 11) is 0. The van der Waals surface area contributed by atoms with E-state index in [1.807, 2.05) is 6.21 Å². The van der Waals surface area contributed by atoms with E-state index in [-0.39, 0.29) is 23.8 Å². The van der Waals surface area contributed by atoms with E-state index in [1.54, 1.807) is 11.8 Å². The Bertz CT molecular complexity index is 1030. The van der Waals surface area contributed by atoms with Crippen molar-refractivity contribution in [1.29, 1.82) is 0 Å².